The fourth-order valence-electron chi connectivity index (χ4n) is 3.39. The van der Waals surface area contributed by atoms with Crippen LogP contribution in [0.2, 0.25) is 0 Å². The zero-order chi connectivity index (χ0) is 20.2. The quantitative estimate of drug-likeness (QED) is 0.735. The van der Waals surface area contributed by atoms with Crippen molar-refractivity contribution in [2.75, 3.05) is 36.4 Å². The van der Waals surface area contributed by atoms with Crippen LogP contribution >= 0.6 is 0 Å². The number of anilines is 2. The molecule has 6 nitrogen and oxygen atoms in total. The van der Waals surface area contributed by atoms with Gasteiger partial charge in [-0.3, -0.25) is 0 Å². The summed E-state index contributed by atoms with van der Waals surface area (Å²) >= 11 is 0. The van der Waals surface area contributed by atoms with Crippen LogP contribution in [0, 0.1) is 12.7 Å². The molecule has 2 aromatic carbocycles. The lowest BCUT2D eigenvalue weighted by atomic mass is 10.1. The summed E-state index contributed by atoms with van der Waals surface area (Å²) in [7, 11) is 0. The number of benzene rings is 2. The molecule has 0 bridgehead atoms. The van der Waals surface area contributed by atoms with Crippen LogP contribution in [0.1, 0.15) is 5.56 Å². The predicted octanol–water partition coefficient (Wildman–Crippen LogP) is 3.95. The van der Waals surface area contributed by atoms with Gasteiger partial charge < -0.3 is 15.1 Å². The van der Waals surface area contributed by atoms with Crippen LogP contribution in [-0.2, 0) is 0 Å². The summed E-state index contributed by atoms with van der Waals surface area (Å²) in [6.45, 7) is 4.39. The van der Waals surface area contributed by atoms with Gasteiger partial charge in [0.15, 0.2) is 5.82 Å². The lowest BCUT2D eigenvalue weighted by Crippen LogP contribution is -2.50. The Kier molecular flexibility index (Phi) is 5.37. The molecule has 1 aliphatic heterocycles. The zero-order valence-corrected chi connectivity index (χ0v) is 16.2. The highest BCUT2D eigenvalue weighted by Gasteiger charge is 2.22. The highest BCUT2D eigenvalue weighted by atomic mass is 19.1. The Morgan fingerprint density at radius 2 is 1.66 bits per heavy atom. The van der Waals surface area contributed by atoms with Gasteiger partial charge in [-0.1, -0.05) is 36.4 Å². The summed E-state index contributed by atoms with van der Waals surface area (Å²) in [5.74, 6) is 0.347. The van der Waals surface area contributed by atoms with Crippen molar-refractivity contribution in [2.24, 2.45) is 0 Å². The van der Waals surface area contributed by atoms with E-state index in [1.807, 2.05) is 30.3 Å². The number of piperazine rings is 1. The number of para-hydroxylation sites is 1. The summed E-state index contributed by atoms with van der Waals surface area (Å²) in [6, 6.07) is 17.9. The van der Waals surface area contributed by atoms with Crippen LogP contribution in [0.4, 0.5) is 20.7 Å². The highest BCUT2D eigenvalue weighted by Crippen LogP contribution is 2.22. The van der Waals surface area contributed by atoms with Crippen molar-refractivity contribution in [1.29, 1.82) is 0 Å². The third kappa shape index (κ3) is 4.18. The van der Waals surface area contributed by atoms with E-state index in [0.717, 1.165) is 22.6 Å². The number of aryl methyl sites for hydroxylation is 1. The van der Waals surface area contributed by atoms with E-state index in [4.69, 9.17) is 0 Å². The Morgan fingerprint density at radius 3 is 2.34 bits per heavy atom. The maximum Gasteiger partial charge on any atom is 0.322 e. The van der Waals surface area contributed by atoms with Gasteiger partial charge in [0.2, 0.25) is 0 Å². The number of carbonyl (C=O) groups excluding carboxylic acids is 1. The third-order valence-corrected chi connectivity index (χ3v) is 5.08. The molecule has 1 aliphatic rings. The molecule has 29 heavy (non-hydrogen) atoms. The van der Waals surface area contributed by atoms with Gasteiger partial charge in [-0.25, -0.2) is 9.18 Å². The molecule has 1 N–H and O–H groups in total. The lowest BCUT2D eigenvalue weighted by Gasteiger charge is -2.35. The Hall–Kier alpha value is -3.48. The minimum atomic E-state index is -0.441. The number of hydrogen-bond acceptors (Lipinski definition) is 4. The molecule has 0 unspecified atom stereocenters. The number of halogens is 1. The second-order valence-corrected chi connectivity index (χ2v) is 6.98. The highest BCUT2D eigenvalue weighted by molar-refractivity contribution is 5.89. The molecule has 0 spiro atoms. The third-order valence-electron chi connectivity index (χ3n) is 5.08. The minimum absolute atomic E-state index is 0.192. The Labute approximate surface area is 169 Å². The molecule has 0 radical (unpaired) electrons. The van der Waals surface area contributed by atoms with Crippen molar-refractivity contribution in [3.05, 3.63) is 72.0 Å². The first kappa shape index (κ1) is 18.9. The van der Waals surface area contributed by atoms with E-state index in [1.54, 1.807) is 23.1 Å². The predicted molar refractivity (Wildman–Crippen MR) is 111 cm³/mol. The number of urea groups is 1. The molecular formula is C22H22FN5O. The fourth-order valence-corrected chi connectivity index (χ4v) is 3.39. The molecule has 2 heterocycles. The first-order valence-corrected chi connectivity index (χ1v) is 9.57. The number of rotatable bonds is 3. The second kappa shape index (κ2) is 8.26. The molecule has 4 rings (SSSR count). The molecule has 7 heteroatoms. The lowest BCUT2D eigenvalue weighted by molar-refractivity contribution is 0.208. The molecule has 0 atom stereocenters. The number of amides is 2. The summed E-state index contributed by atoms with van der Waals surface area (Å²) in [5.41, 5.74) is 3.26. The van der Waals surface area contributed by atoms with E-state index in [-0.39, 0.29) is 11.7 Å². The second-order valence-electron chi connectivity index (χ2n) is 6.98. The van der Waals surface area contributed by atoms with Crippen molar-refractivity contribution >= 4 is 17.5 Å². The normalized spacial score (nSPS) is 14.0. The van der Waals surface area contributed by atoms with E-state index < -0.39 is 5.82 Å². The zero-order valence-electron chi connectivity index (χ0n) is 16.2. The van der Waals surface area contributed by atoms with Gasteiger partial charge >= 0.3 is 6.03 Å². The molecule has 148 valence electrons. The number of carbonyl (C=O) groups is 1. The number of hydrogen-bond donors (Lipinski definition) is 1. The van der Waals surface area contributed by atoms with Crippen molar-refractivity contribution in [3.8, 4) is 11.3 Å². The summed E-state index contributed by atoms with van der Waals surface area (Å²) < 4.78 is 13.7. The molecule has 0 aliphatic carbocycles. The Bertz CT molecular complexity index is 1000. The molecule has 0 saturated carbocycles. The number of aromatic nitrogens is 2. The molecular weight excluding hydrogens is 369 g/mol. The van der Waals surface area contributed by atoms with Gasteiger partial charge in [0.1, 0.15) is 5.82 Å². The van der Waals surface area contributed by atoms with Crippen LogP contribution < -0.4 is 10.2 Å². The van der Waals surface area contributed by atoms with Crippen LogP contribution in [0.15, 0.2) is 60.7 Å². The standard InChI is InChI=1S/C22H22FN5O/c1-16-6-2-3-7-17(16)19-10-11-21(26-25-19)27-12-14-28(15-13-27)22(29)24-20-9-5-4-8-18(20)23/h2-11H,12-15H2,1H3,(H,24,29). The first-order valence-electron chi connectivity index (χ1n) is 9.57. The van der Waals surface area contributed by atoms with Gasteiger partial charge in [-0.2, -0.15) is 0 Å². The van der Waals surface area contributed by atoms with E-state index in [1.165, 1.54) is 6.07 Å². The van der Waals surface area contributed by atoms with Gasteiger partial charge in [0, 0.05) is 31.7 Å². The summed E-state index contributed by atoms with van der Waals surface area (Å²) in [6.07, 6.45) is 0. The largest absolute Gasteiger partial charge is 0.352 e. The summed E-state index contributed by atoms with van der Waals surface area (Å²) in [5, 5.41) is 11.4. The van der Waals surface area contributed by atoms with Crippen LogP contribution in [-0.4, -0.2) is 47.3 Å². The van der Waals surface area contributed by atoms with Gasteiger partial charge in [0.25, 0.3) is 0 Å². The Balaban J connectivity index is 1.36. The van der Waals surface area contributed by atoms with E-state index >= 15 is 0 Å². The van der Waals surface area contributed by atoms with Gasteiger partial charge in [-0.05, 0) is 36.8 Å². The molecule has 1 saturated heterocycles. The topological polar surface area (TPSA) is 61.4 Å². The van der Waals surface area contributed by atoms with E-state index in [2.05, 4.69) is 33.4 Å². The van der Waals surface area contributed by atoms with Gasteiger partial charge in [-0.15, -0.1) is 10.2 Å². The average Bonchev–Trinajstić information content (AvgIpc) is 2.76. The summed E-state index contributed by atoms with van der Waals surface area (Å²) in [4.78, 5) is 16.2. The van der Waals surface area contributed by atoms with Crippen LogP contribution in [0.25, 0.3) is 11.3 Å². The van der Waals surface area contributed by atoms with E-state index in [0.29, 0.717) is 26.2 Å². The fraction of sp³-hybridized carbons (Fsp3) is 0.227. The van der Waals surface area contributed by atoms with Crippen molar-refractivity contribution in [1.82, 2.24) is 15.1 Å². The van der Waals surface area contributed by atoms with Crippen molar-refractivity contribution < 1.29 is 9.18 Å². The smallest absolute Gasteiger partial charge is 0.322 e. The average molecular weight is 391 g/mol. The van der Waals surface area contributed by atoms with E-state index in [9.17, 15) is 9.18 Å². The minimum Gasteiger partial charge on any atom is -0.352 e. The maximum absolute atomic E-state index is 13.7. The molecule has 2 amide bonds. The molecule has 3 aromatic rings. The number of nitrogens with zero attached hydrogens (tertiary/aromatic N) is 4. The van der Waals surface area contributed by atoms with Crippen molar-refractivity contribution in [2.45, 2.75) is 6.92 Å². The Morgan fingerprint density at radius 1 is 0.931 bits per heavy atom. The maximum atomic E-state index is 13.7. The number of nitrogens with one attached hydrogen (secondary N) is 1. The van der Waals surface area contributed by atoms with Crippen LogP contribution in [0.3, 0.4) is 0 Å². The molecule has 1 aromatic heterocycles. The van der Waals surface area contributed by atoms with Crippen molar-refractivity contribution in [3.63, 3.8) is 0 Å². The first-order chi connectivity index (χ1) is 14.1. The van der Waals surface area contributed by atoms with Gasteiger partial charge in [0.05, 0.1) is 11.4 Å². The van der Waals surface area contributed by atoms with Crippen LogP contribution in [0.5, 0.6) is 0 Å². The SMILES string of the molecule is Cc1ccccc1-c1ccc(N2CCN(C(=O)Nc3ccccc3F)CC2)nn1. The molecule has 1 fully saturated rings. The monoisotopic (exact) mass is 391 g/mol.